The van der Waals surface area contributed by atoms with E-state index in [4.69, 9.17) is 0 Å². The summed E-state index contributed by atoms with van der Waals surface area (Å²) in [6, 6.07) is 8.77. The number of esters is 1. The molecule has 4 nitrogen and oxygen atoms in total. The molecule has 0 bridgehead atoms. The fourth-order valence-electron chi connectivity index (χ4n) is 0.878. The number of carbonyl (C=O) groups excluding carboxylic acids is 1. The molecule has 0 unspecified atom stereocenters. The van der Waals surface area contributed by atoms with Crippen molar-refractivity contribution < 1.29 is 14.7 Å². The van der Waals surface area contributed by atoms with Crippen LogP contribution in [0.1, 0.15) is 0 Å². The van der Waals surface area contributed by atoms with Crippen LogP contribution in [-0.2, 0) is 9.53 Å². The van der Waals surface area contributed by atoms with E-state index in [2.05, 4.69) is 4.74 Å². The second-order valence-electron chi connectivity index (χ2n) is 2.47. The molecule has 1 aromatic rings. The first-order valence-corrected chi connectivity index (χ1v) is 3.82. The smallest absolute Gasteiger partial charge is 0.327 e. The minimum absolute atomic E-state index is 0. The van der Waals surface area contributed by atoms with Gasteiger partial charge in [-0.1, -0.05) is 18.2 Å². The number of anilines is 1. The number of methoxy groups -OCH3 is 1. The quantitative estimate of drug-likeness (QED) is 0.616. The van der Waals surface area contributed by atoms with Crippen LogP contribution in [0.15, 0.2) is 30.3 Å². The van der Waals surface area contributed by atoms with E-state index in [0.717, 1.165) is 5.06 Å². The maximum absolute atomic E-state index is 10.8. The molecule has 0 heterocycles. The molecule has 0 aromatic heterocycles. The van der Waals surface area contributed by atoms with Crippen molar-refractivity contribution in [3.05, 3.63) is 30.3 Å². The zero-order valence-electron chi connectivity index (χ0n) is 7.71. The summed E-state index contributed by atoms with van der Waals surface area (Å²) < 4.78 is 4.40. The van der Waals surface area contributed by atoms with Crippen LogP contribution in [0, 0.1) is 0 Å². The third kappa shape index (κ3) is 3.64. The summed E-state index contributed by atoms with van der Waals surface area (Å²) in [4.78, 5) is 10.8. The Morgan fingerprint density at radius 1 is 1.43 bits per heavy atom. The number of nitrogens with zero attached hydrogens (tertiary/aromatic N) is 1. The van der Waals surface area contributed by atoms with Crippen LogP contribution >= 0.6 is 12.4 Å². The highest BCUT2D eigenvalue weighted by atomic mass is 35.5. The van der Waals surface area contributed by atoms with Crippen molar-refractivity contribution >= 4 is 24.1 Å². The first kappa shape index (κ1) is 12.7. The van der Waals surface area contributed by atoms with E-state index < -0.39 is 5.97 Å². The molecule has 0 saturated carbocycles. The van der Waals surface area contributed by atoms with Crippen molar-refractivity contribution in [1.82, 2.24) is 0 Å². The van der Waals surface area contributed by atoms with Crippen molar-refractivity contribution in [2.45, 2.75) is 0 Å². The zero-order valence-corrected chi connectivity index (χ0v) is 8.53. The average Bonchev–Trinajstić information content (AvgIpc) is 2.19. The van der Waals surface area contributed by atoms with Crippen LogP contribution in [0.3, 0.4) is 0 Å². The van der Waals surface area contributed by atoms with Crippen LogP contribution < -0.4 is 5.06 Å². The Bertz CT molecular complexity index is 279. The fourth-order valence-corrected chi connectivity index (χ4v) is 0.878. The number of hydroxylamine groups is 1. The van der Waals surface area contributed by atoms with Crippen molar-refractivity contribution in [1.29, 1.82) is 0 Å². The lowest BCUT2D eigenvalue weighted by Crippen LogP contribution is -2.26. The van der Waals surface area contributed by atoms with Crippen LogP contribution in [0.4, 0.5) is 5.69 Å². The molecule has 0 atom stereocenters. The van der Waals surface area contributed by atoms with Gasteiger partial charge >= 0.3 is 5.97 Å². The van der Waals surface area contributed by atoms with Gasteiger partial charge in [-0.15, -0.1) is 12.4 Å². The lowest BCUT2D eigenvalue weighted by atomic mass is 10.3. The number of rotatable bonds is 3. The van der Waals surface area contributed by atoms with Gasteiger partial charge in [-0.2, -0.15) is 0 Å². The van der Waals surface area contributed by atoms with Crippen molar-refractivity contribution in [3.8, 4) is 0 Å². The Labute approximate surface area is 88.5 Å². The standard InChI is InChI=1S/C9H11NO3.ClH/c1-13-9(11)7-10(12)8-5-3-2-4-6-8;/h2-6,12H,7H2,1H3;1H. The molecule has 0 spiro atoms. The first-order valence-electron chi connectivity index (χ1n) is 3.82. The summed E-state index contributed by atoms with van der Waals surface area (Å²) in [5, 5.41) is 10.2. The van der Waals surface area contributed by atoms with Gasteiger partial charge in [0.05, 0.1) is 12.8 Å². The maximum atomic E-state index is 10.8. The van der Waals surface area contributed by atoms with E-state index in [1.165, 1.54) is 7.11 Å². The Morgan fingerprint density at radius 3 is 2.50 bits per heavy atom. The third-order valence-corrected chi connectivity index (χ3v) is 1.56. The van der Waals surface area contributed by atoms with Gasteiger partial charge in [0.2, 0.25) is 0 Å². The number of hydrogen-bond donors (Lipinski definition) is 1. The van der Waals surface area contributed by atoms with Gasteiger partial charge in [-0.3, -0.25) is 10.0 Å². The van der Waals surface area contributed by atoms with Gasteiger partial charge in [-0.05, 0) is 12.1 Å². The van der Waals surface area contributed by atoms with Gasteiger partial charge in [0.1, 0.15) is 6.54 Å². The molecular formula is C9H12ClNO3. The SMILES string of the molecule is COC(=O)CN(O)c1ccccc1.Cl. The van der Waals surface area contributed by atoms with Crippen LogP contribution in [0.2, 0.25) is 0 Å². The molecule has 14 heavy (non-hydrogen) atoms. The van der Waals surface area contributed by atoms with E-state index in [1.807, 2.05) is 6.07 Å². The van der Waals surface area contributed by atoms with E-state index in [-0.39, 0.29) is 19.0 Å². The lowest BCUT2D eigenvalue weighted by molar-refractivity contribution is -0.139. The predicted octanol–water partition coefficient (Wildman–Crippen LogP) is 1.48. The molecule has 0 amide bonds. The molecule has 1 rings (SSSR count). The summed E-state index contributed by atoms with van der Waals surface area (Å²) >= 11 is 0. The molecule has 1 N–H and O–H groups in total. The third-order valence-electron chi connectivity index (χ3n) is 1.56. The molecule has 1 aromatic carbocycles. The van der Waals surface area contributed by atoms with Gasteiger partial charge in [0, 0.05) is 0 Å². The Hall–Kier alpha value is -1.26. The lowest BCUT2D eigenvalue weighted by Gasteiger charge is -2.14. The van der Waals surface area contributed by atoms with Crippen LogP contribution in [-0.4, -0.2) is 24.8 Å². The van der Waals surface area contributed by atoms with E-state index in [1.54, 1.807) is 24.3 Å². The fraction of sp³-hybridized carbons (Fsp3) is 0.222. The summed E-state index contributed by atoms with van der Waals surface area (Å²) in [6.07, 6.45) is 0. The average molecular weight is 218 g/mol. The van der Waals surface area contributed by atoms with E-state index in [9.17, 15) is 10.0 Å². The van der Waals surface area contributed by atoms with Gasteiger partial charge in [0.15, 0.2) is 0 Å². The molecule has 5 heteroatoms. The highest BCUT2D eigenvalue weighted by Crippen LogP contribution is 2.09. The Balaban J connectivity index is 0.00000169. The summed E-state index contributed by atoms with van der Waals surface area (Å²) in [5.74, 6) is -0.480. The van der Waals surface area contributed by atoms with E-state index >= 15 is 0 Å². The Morgan fingerprint density at radius 2 is 2.00 bits per heavy atom. The minimum atomic E-state index is -0.480. The van der Waals surface area contributed by atoms with E-state index in [0.29, 0.717) is 5.69 Å². The van der Waals surface area contributed by atoms with Crippen LogP contribution in [0.25, 0.3) is 0 Å². The highest BCUT2D eigenvalue weighted by molar-refractivity contribution is 5.85. The highest BCUT2D eigenvalue weighted by Gasteiger charge is 2.07. The molecule has 0 saturated heterocycles. The van der Waals surface area contributed by atoms with Crippen molar-refractivity contribution in [2.24, 2.45) is 0 Å². The second-order valence-corrected chi connectivity index (χ2v) is 2.47. The number of para-hydroxylation sites is 1. The molecule has 0 aliphatic carbocycles. The number of hydrogen-bond acceptors (Lipinski definition) is 4. The Kier molecular flexibility index (Phi) is 5.67. The minimum Gasteiger partial charge on any atom is -0.468 e. The molecule has 0 radical (unpaired) electrons. The van der Waals surface area contributed by atoms with Gasteiger partial charge in [0.25, 0.3) is 0 Å². The number of benzene rings is 1. The first-order chi connectivity index (χ1) is 6.24. The summed E-state index contributed by atoms with van der Waals surface area (Å²) in [5.41, 5.74) is 0.563. The van der Waals surface area contributed by atoms with Gasteiger partial charge < -0.3 is 4.74 Å². The van der Waals surface area contributed by atoms with Crippen molar-refractivity contribution in [2.75, 3.05) is 18.7 Å². The molecule has 0 aliphatic heterocycles. The normalized spacial score (nSPS) is 8.71. The molecule has 0 aliphatic rings. The number of carbonyl (C=O) groups is 1. The largest absolute Gasteiger partial charge is 0.468 e. The monoisotopic (exact) mass is 217 g/mol. The topological polar surface area (TPSA) is 49.8 Å². The molecular weight excluding hydrogens is 206 g/mol. The molecule has 78 valence electrons. The van der Waals surface area contributed by atoms with Crippen LogP contribution in [0.5, 0.6) is 0 Å². The second kappa shape index (κ2) is 6.23. The maximum Gasteiger partial charge on any atom is 0.327 e. The summed E-state index contributed by atoms with van der Waals surface area (Å²) in [7, 11) is 1.28. The zero-order chi connectivity index (χ0) is 9.68. The molecule has 0 fully saturated rings. The van der Waals surface area contributed by atoms with Crippen molar-refractivity contribution in [3.63, 3.8) is 0 Å². The van der Waals surface area contributed by atoms with Gasteiger partial charge in [-0.25, -0.2) is 5.06 Å². The number of ether oxygens (including phenoxy) is 1. The summed E-state index contributed by atoms with van der Waals surface area (Å²) in [6.45, 7) is -0.166. The number of halogens is 1. The predicted molar refractivity (Wildman–Crippen MR) is 54.8 cm³/mol.